The number of rotatable bonds is 7. The summed E-state index contributed by atoms with van der Waals surface area (Å²) in [6.07, 6.45) is 4.06. The maximum Gasteiger partial charge on any atom is 0.122 e. The third-order valence-corrected chi connectivity index (χ3v) is 3.48. The molecule has 0 aliphatic rings. The number of hydrogen-bond donors (Lipinski definition) is 1. The fourth-order valence-corrected chi connectivity index (χ4v) is 2.43. The molecular weight excluding hydrogens is 254 g/mol. The summed E-state index contributed by atoms with van der Waals surface area (Å²) < 4.78 is 0. The summed E-state index contributed by atoms with van der Waals surface area (Å²) in [5, 5.41) is 0. The number of thiocarbonyl (C=S) groups is 1. The predicted molar refractivity (Wildman–Crippen MR) is 86.7 cm³/mol. The van der Waals surface area contributed by atoms with Gasteiger partial charge >= 0.3 is 0 Å². The summed E-state index contributed by atoms with van der Waals surface area (Å²) in [4.78, 5) is 7.03. The highest BCUT2D eigenvalue weighted by atomic mass is 32.1. The van der Waals surface area contributed by atoms with E-state index in [0.717, 1.165) is 19.4 Å². The summed E-state index contributed by atoms with van der Waals surface area (Å²) in [6, 6.07) is 4.59. The van der Waals surface area contributed by atoms with Crippen molar-refractivity contribution >= 4 is 22.9 Å². The summed E-state index contributed by atoms with van der Waals surface area (Å²) in [5.74, 6) is 0.613. The Morgan fingerprint density at radius 3 is 2.47 bits per heavy atom. The Labute approximate surface area is 122 Å². The lowest BCUT2D eigenvalue weighted by Gasteiger charge is -2.34. The molecule has 0 saturated carbocycles. The molecule has 0 spiro atoms. The van der Waals surface area contributed by atoms with Crippen molar-refractivity contribution in [2.75, 3.05) is 11.4 Å². The minimum atomic E-state index is 0.357. The van der Waals surface area contributed by atoms with Gasteiger partial charge in [-0.15, -0.1) is 0 Å². The van der Waals surface area contributed by atoms with E-state index in [-0.39, 0.29) is 0 Å². The van der Waals surface area contributed by atoms with Crippen molar-refractivity contribution in [1.82, 2.24) is 4.98 Å². The van der Waals surface area contributed by atoms with Gasteiger partial charge in [0.15, 0.2) is 0 Å². The smallest absolute Gasteiger partial charge is 0.122 e. The van der Waals surface area contributed by atoms with Crippen LogP contribution in [0.1, 0.15) is 46.2 Å². The van der Waals surface area contributed by atoms with Gasteiger partial charge in [0.1, 0.15) is 4.99 Å². The largest absolute Gasteiger partial charge is 0.388 e. The van der Waals surface area contributed by atoms with Gasteiger partial charge < -0.3 is 10.6 Å². The third-order valence-electron chi connectivity index (χ3n) is 3.27. The Hall–Kier alpha value is -1.16. The number of hydrogen-bond acceptors (Lipinski definition) is 3. The van der Waals surface area contributed by atoms with Crippen LogP contribution < -0.4 is 10.6 Å². The second kappa shape index (κ2) is 7.43. The van der Waals surface area contributed by atoms with Crippen LogP contribution in [0.3, 0.4) is 0 Å². The number of anilines is 1. The maximum absolute atomic E-state index is 5.68. The van der Waals surface area contributed by atoms with Crippen LogP contribution in [0.15, 0.2) is 18.3 Å². The standard InChI is InChI=1S/C15H25N3S/c1-5-12(6-2)18(10-11(3)4)13-7-8-17-14(9-13)15(16)19/h7-9,11-12H,5-6,10H2,1-4H3,(H2,16,19). The maximum atomic E-state index is 5.68. The molecule has 0 bridgehead atoms. The van der Waals surface area contributed by atoms with Crippen molar-refractivity contribution in [2.45, 2.75) is 46.6 Å². The zero-order chi connectivity index (χ0) is 14.4. The Balaban J connectivity index is 3.08. The summed E-state index contributed by atoms with van der Waals surface area (Å²) >= 11 is 5.02. The number of pyridine rings is 1. The van der Waals surface area contributed by atoms with E-state index in [0.29, 0.717) is 22.6 Å². The lowest BCUT2D eigenvalue weighted by molar-refractivity contribution is 0.507. The molecule has 3 nitrogen and oxygen atoms in total. The molecule has 0 unspecified atom stereocenters. The molecule has 1 aromatic rings. The first-order valence-corrected chi connectivity index (χ1v) is 7.42. The van der Waals surface area contributed by atoms with E-state index >= 15 is 0 Å². The Morgan fingerprint density at radius 2 is 2.00 bits per heavy atom. The second-order valence-electron chi connectivity index (χ2n) is 5.28. The van der Waals surface area contributed by atoms with E-state index in [1.807, 2.05) is 12.1 Å². The topological polar surface area (TPSA) is 42.2 Å². The molecule has 0 radical (unpaired) electrons. The van der Waals surface area contributed by atoms with Gasteiger partial charge in [-0.3, -0.25) is 4.98 Å². The zero-order valence-corrected chi connectivity index (χ0v) is 13.2. The van der Waals surface area contributed by atoms with Gasteiger partial charge in [0.25, 0.3) is 0 Å². The normalized spacial score (nSPS) is 11.1. The first kappa shape index (κ1) is 15.9. The Kier molecular flexibility index (Phi) is 6.22. The van der Waals surface area contributed by atoms with E-state index < -0.39 is 0 Å². The molecule has 0 saturated heterocycles. The highest BCUT2D eigenvalue weighted by Crippen LogP contribution is 2.22. The van der Waals surface area contributed by atoms with Crippen molar-refractivity contribution in [3.8, 4) is 0 Å². The fraction of sp³-hybridized carbons (Fsp3) is 0.600. The summed E-state index contributed by atoms with van der Waals surface area (Å²) in [6.45, 7) is 9.98. The third kappa shape index (κ3) is 4.46. The summed E-state index contributed by atoms with van der Waals surface area (Å²) in [7, 11) is 0. The van der Waals surface area contributed by atoms with Crippen LogP contribution in [0, 0.1) is 5.92 Å². The van der Waals surface area contributed by atoms with Crippen LogP contribution in [0.4, 0.5) is 5.69 Å². The fourth-order valence-electron chi connectivity index (χ4n) is 2.32. The zero-order valence-electron chi connectivity index (χ0n) is 12.4. The molecule has 0 amide bonds. The molecule has 0 fully saturated rings. The number of nitrogens with zero attached hydrogens (tertiary/aromatic N) is 2. The van der Waals surface area contributed by atoms with E-state index in [1.54, 1.807) is 6.20 Å². The van der Waals surface area contributed by atoms with Crippen LogP contribution in [-0.2, 0) is 0 Å². The number of aromatic nitrogens is 1. The molecule has 1 rings (SSSR count). The molecule has 2 N–H and O–H groups in total. The quantitative estimate of drug-likeness (QED) is 0.777. The van der Waals surface area contributed by atoms with Gasteiger partial charge in [-0.1, -0.05) is 39.9 Å². The summed E-state index contributed by atoms with van der Waals surface area (Å²) in [5.41, 5.74) is 7.54. The van der Waals surface area contributed by atoms with Crippen molar-refractivity contribution in [3.63, 3.8) is 0 Å². The molecule has 1 heterocycles. The average molecular weight is 279 g/mol. The van der Waals surface area contributed by atoms with Crippen molar-refractivity contribution in [1.29, 1.82) is 0 Å². The van der Waals surface area contributed by atoms with Crippen molar-refractivity contribution < 1.29 is 0 Å². The first-order chi connectivity index (χ1) is 8.99. The molecule has 0 atom stereocenters. The molecule has 4 heteroatoms. The highest BCUT2D eigenvalue weighted by molar-refractivity contribution is 7.80. The molecule has 0 aliphatic heterocycles. The van der Waals surface area contributed by atoms with E-state index in [9.17, 15) is 0 Å². The van der Waals surface area contributed by atoms with Gasteiger partial charge in [0, 0.05) is 24.5 Å². The molecule has 106 valence electrons. The van der Waals surface area contributed by atoms with Gasteiger partial charge in [-0.25, -0.2) is 0 Å². The molecular formula is C15H25N3S. The monoisotopic (exact) mass is 279 g/mol. The van der Waals surface area contributed by atoms with Crippen LogP contribution in [-0.4, -0.2) is 22.6 Å². The minimum Gasteiger partial charge on any atom is -0.388 e. The Bertz CT molecular complexity index is 414. The minimum absolute atomic E-state index is 0.357. The van der Waals surface area contributed by atoms with Gasteiger partial charge in [0.2, 0.25) is 0 Å². The Morgan fingerprint density at radius 1 is 1.37 bits per heavy atom. The average Bonchev–Trinajstić information content (AvgIpc) is 2.38. The molecule has 1 aromatic heterocycles. The predicted octanol–water partition coefficient (Wildman–Crippen LogP) is 3.37. The van der Waals surface area contributed by atoms with Crippen molar-refractivity contribution in [2.24, 2.45) is 11.7 Å². The first-order valence-electron chi connectivity index (χ1n) is 7.02. The highest BCUT2D eigenvalue weighted by Gasteiger charge is 2.17. The molecule has 0 aliphatic carbocycles. The van der Waals surface area contributed by atoms with Gasteiger partial charge in [-0.05, 0) is 30.9 Å². The second-order valence-corrected chi connectivity index (χ2v) is 5.72. The van der Waals surface area contributed by atoms with Crippen LogP contribution in [0.2, 0.25) is 0 Å². The lowest BCUT2D eigenvalue weighted by atomic mass is 10.1. The SMILES string of the molecule is CCC(CC)N(CC(C)C)c1ccnc(C(N)=S)c1. The number of nitrogens with two attached hydrogens (primary N) is 1. The van der Waals surface area contributed by atoms with Gasteiger partial charge in [-0.2, -0.15) is 0 Å². The van der Waals surface area contributed by atoms with E-state index in [2.05, 4.69) is 37.6 Å². The van der Waals surface area contributed by atoms with Crippen molar-refractivity contribution in [3.05, 3.63) is 24.0 Å². The lowest BCUT2D eigenvalue weighted by Crippen LogP contribution is -2.37. The molecule has 0 aromatic carbocycles. The van der Waals surface area contributed by atoms with E-state index in [1.165, 1.54) is 5.69 Å². The van der Waals surface area contributed by atoms with Crippen LogP contribution in [0.25, 0.3) is 0 Å². The van der Waals surface area contributed by atoms with Crippen LogP contribution in [0.5, 0.6) is 0 Å². The van der Waals surface area contributed by atoms with Gasteiger partial charge in [0.05, 0.1) is 5.69 Å². The van der Waals surface area contributed by atoms with Crippen LogP contribution >= 0.6 is 12.2 Å². The van der Waals surface area contributed by atoms with E-state index in [4.69, 9.17) is 18.0 Å². The molecule has 19 heavy (non-hydrogen) atoms.